The van der Waals surface area contributed by atoms with Gasteiger partial charge in [0.05, 0.1) is 26.0 Å². The van der Waals surface area contributed by atoms with Crippen LogP contribution in [0.5, 0.6) is 5.75 Å². The molecule has 0 aliphatic carbocycles. The number of fused-ring (bicyclic) bond motifs is 1. The summed E-state index contributed by atoms with van der Waals surface area (Å²) in [6, 6.07) is 9.37. The van der Waals surface area contributed by atoms with E-state index in [1.165, 1.54) is 11.6 Å². The Kier molecular flexibility index (Phi) is 6.09. The van der Waals surface area contributed by atoms with Crippen molar-refractivity contribution in [3.63, 3.8) is 0 Å². The molecule has 1 aliphatic heterocycles. The van der Waals surface area contributed by atoms with E-state index in [0.29, 0.717) is 17.9 Å². The predicted octanol–water partition coefficient (Wildman–Crippen LogP) is 3.28. The van der Waals surface area contributed by atoms with Crippen LogP contribution in [0.2, 0.25) is 0 Å². The Bertz CT molecular complexity index is 1030. The molecule has 5 nitrogen and oxygen atoms in total. The molecule has 1 fully saturated rings. The molecule has 6 heteroatoms. The van der Waals surface area contributed by atoms with Crippen LogP contribution in [-0.4, -0.2) is 53.7 Å². The lowest BCUT2D eigenvalue weighted by atomic mass is 10.1. The van der Waals surface area contributed by atoms with E-state index in [9.17, 15) is 4.39 Å². The number of rotatable bonds is 5. The fourth-order valence-electron chi connectivity index (χ4n) is 3.23. The number of imidazole rings is 1. The number of morpholine rings is 1. The SMILES string of the molecule is Cc1ccc(C#Cc2cn3cc(OCCCN4CCOCC4)c(F)cc3n2)cc1. The molecule has 0 radical (unpaired) electrons. The van der Waals surface area contributed by atoms with Crippen LogP contribution in [0.15, 0.2) is 42.7 Å². The molecular weight excluding hydrogens is 369 g/mol. The fraction of sp³-hybridized carbons (Fsp3) is 0.348. The summed E-state index contributed by atoms with van der Waals surface area (Å²) >= 11 is 0. The molecule has 0 N–H and O–H groups in total. The first-order valence-corrected chi connectivity index (χ1v) is 9.87. The monoisotopic (exact) mass is 393 g/mol. The van der Waals surface area contributed by atoms with Crippen LogP contribution >= 0.6 is 0 Å². The summed E-state index contributed by atoms with van der Waals surface area (Å²) in [5, 5.41) is 0. The Hall–Kier alpha value is -2.88. The van der Waals surface area contributed by atoms with Crippen LogP contribution in [0, 0.1) is 24.6 Å². The highest BCUT2D eigenvalue weighted by Gasteiger charge is 2.11. The summed E-state index contributed by atoms with van der Waals surface area (Å²) in [7, 11) is 0. The van der Waals surface area contributed by atoms with Gasteiger partial charge in [-0.15, -0.1) is 0 Å². The zero-order valence-electron chi connectivity index (χ0n) is 16.5. The average Bonchev–Trinajstić information content (AvgIpc) is 3.13. The van der Waals surface area contributed by atoms with E-state index in [4.69, 9.17) is 9.47 Å². The van der Waals surface area contributed by atoms with Gasteiger partial charge in [-0.3, -0.25) is 4.90 Å². The largest absolute Gasteiger partial charge is 0.489 e. The molecule has 3 heterocycles. The van der Waals surface area contributed by atoms with Gasteiger partial charge in [-0.05, 0) is 31.4 Å². The van der Waals surface area contributed by atoms with E-state index >= 15 is 0 Å². The van der Waals surface area contributed by atoms with E-state index in [0.717, 1.165) is 44.8 Å². The van der Waals surface area contributed by atoms with Gasteiger partial charge in [0.1, 0.15) is 11.3 Å². The Balaban J connectivity index is 1.39. The number of hydrogen-bond donors (Lipinski definition) is 0. The first kappa shape index (κ1) is 19.4. The van der Waals surface area contributed by atoms with Crippen molar-refractivity contribution in [1.82, 2.24) is 14.3 Å². The van der Waals surface area contributed by atoms with Crippen molar-refractivity contribution in [3.8, 4) is 17.6 Å². The average molecular weight is 393 g/mol. The highest BCUT2D eigenvalue weighted by molar-refractivity contribution is 5.48. The van der Waals surface area contributed by atoms with Gasteiger partial charge in [-0.1, -0.05) is 23.6 Å². The van der Waals surface area contributed by atoms with Crippen molar-refractivity contribution in [1.29, 1.82) is 0 Å². The Morgan fingerprint density at radius 2 is 1.93 bits per heavy atom. The van der Waals surface area contributed by atoms with Crippen LogP contribution in [0.3, 0.4) is 0 Å². The van der Waals surface area contributed by atoms with Gasteiger partial charge < -0.3 is 13.9 Å². The summed E-state index contributed by atoms with van der Waals surface area (Å²) < 4.78 is 27.1. The number of pyridine rings is 1. The number of aromatic nitrogens is 2. The molecule has 0 unspecified atom stereocenters. The molecule has 0 saturated carbocycles. The Morgan fingerprint density at radius 1 is 1.14 bits per heavy atom. The molecule has 0 amide bonds. The van der Waals surface area contributed by atoms with Crippen molar-refractivity contribution >= 4 is 5.65 Å². The molecule has 29 heavy (non-hydrogen) atoms. The van der Waals surface area contributed by atoms with Crippen LogP contribution < -0.4 is 4.74 Å². The maximum Gasteiger partial charge on any atom is 0.171 e. The van der Waals surface area contributed by atoms with Gasteiger partial charge in [0, 0.05) is 37.5 Å². The van der Waals surface area contributed by atoms with E-state index in [-0.39, 0.29) is 5.75 Å². The third-order valence-corrected chi connectivity index (χ3v) is 4.87. The number of benzene rings is 1. The molecule has 0 spiro atoms. The normalized spacial score (nSPS) is 14.6. The third-order valence-electron chi connectivity index (χ3n) is 4.87. The molecule has 0 atom stereocenters. The molecule has 0 bridgehead atoms. The van der Waals surface area contributed by atoms with Gasteiger partial charge in [0.25, 0.3) is 0 Å². The van der Waals surface area contributed by atoms with E-state index in [1.807, 2.05) is 31.2 Å². The number of aryl methyl sites for hydroxylation is 1. The second kappa shape index (κ2) is 9.08. The van der Waals surface area contributed by atoms with E-state index in [2.05, 4.69) is 21.7 Å². The smallest absolute Gasteiger partial charge is 0.171 e. The Morgan fingerprint density at radius 3 is 2.72 bits per heavy atom. The van der Waals surface area contributed by atoms with Crippen molar-refractivity contribution in [2.24, 2.45) is 0 Å². The lowest BCUT2D eigenvalue weighted by Gasteiger charge is -2.26. The molecule has 2 aromatic heterocycles. The highest BCUT2D eigenvalue weighted by Crippen LogP contribution is 2.19. The minimum atomic E-state index is -0.410. The highest BCUT2D eigenvalue weighted by atomic mass is 19.1. The zero-order valence-corrected chi connectivity index (χ0v) is 16.5. The van der Waals surface area contributed by atoms with Gasteiger partial charge in [-0.25, -0.2) is 9.37 Å². The standard InChI is InChI=1S/C23H24FN3O2/c1-18-3-5-19(6-4-18)7-8-20-16-27-17-22(21(24)15-23(27)25-20)29-12-2-9-26-10-13-28-14-11-26/h3-6,15-17H,2,9-14H2,1H3. The summed E-state index contributed by atoms with van der Waals surface area (Å²) in [4.78, 5) is 6.71. The van der Waals surface area contributed by atoms with Crippen molar-refractivity contribution in [3.05, 3.63) is 65.4 Å². The van der Waals surface area contributed by atoms with E-state index < -0.39 is 5.82 Å². The first-order valence-electron chi connectivity index (χ1n) is 9.87. The van der Waals surface area contributed by atoms with Crippen LogP contribution in [0.25, 0.3) is 5.65 Å². The lowest BCUT2D eigenvalue weighted by Crippen LogP contribution is -2.37. The van der Waals surface area contributed by atoms with Crippen molar-refractivity contribution < 1.29 is 13.9 Å². The molecule has 150 valence electrons. The number of halogens is 1. The summed E-state index contributed by atoms with van der Waals surface area (Å²) in [5.41, 5.74) is 3.21. The van der Waals surface area contributed by atoms with Gasteiger partial charge in [0.15, 0.2) is 11.6 Å². The Labute approximate surface area is 170 Å². The minimum absolute atomic E-state index is 0.231. The molecule has 4 rings (SSSR count). The maximum atomic E-state index is 14.4. The van der Waals surface area contributed by atoms with Crippen LogP contribution in [0.1, 0.15) is 23.2 Å². The molecular formula is C23H24FN3O2. The molecule has 3 aromatic rings. The summed E-state index contributed by atoms with van der Waals surface area (Å²) in [6.07, 6.45) is 4.26. The van der Waals surface area contributed by atoms with E-state index in [1.54, 1.807) is 16.8 Å². The molecule has 1 aliphatic rings. The predicted molar refractivity (Wildman–Crippen MR) is 110 cm³/mol. The number of hydrogen-bond acceptors (Lipinski definition) is 4. The number of nitrogens with zero attached hydrogens (tertiary/aromatic N) is 3. The van der Waals surface area contributed by atoms with Crippen molar-refractivity contribution in [2.75, 3.05) is 39.5 Å². The van der Waals surface area contributed by atoms with Crippen molar-refractivity contribution in [2.45, 2.75) is 13.3 Å². The van der Waals surface area contributed by atoms with Gasteiger partial charge in [-0.2, -0.15) is 0 Å². The van der Waals surface area contributed by atoms with Gasteiger partial charge in [0.2, 0.25) is 0 Å². The maximum absolute atomic E-state index is 14.4. The van der Waals surface area contributed by atoms with Gasteiger partial charge >= 0.3 is 0 Å². The quantitative estimate of drug-likeness (QED) is 0.493. The third kappa shape index (κ3) is 5.14. The minimum Gasteiger partial charge on any atom is -0.489 e. The molecule has 1 aromatic carbocycles. The summed E-state index contributed by atoms with van der Waals surface area (Å²) in [6.45, 7) is 6.88. The number of ether oxygens (including phenoxy) is 2. The second-order valence-electron chi connectivity index (χ2n) is 7.15. The second-order valence-corrected chi connectivity index (χ2v) is 7.15. The lowest BCUT2D eigenvalue weighted by molar-refractivity contribution is 0.0357. The topological polar surface area (TPSA) is 39.0 Å². The van der Waals surface area contributed by atoms with Crippen LogP contribution in [0.4, 0.5) is 4.39 Å². The van der Waals surface area contributed by atoms with Crippen LogP contribution in [-0.2, 0) is 4.74 Å². The fourth-order valence-corrected chi connectivity index (χ4v) is 3.23. The zero-order chi connectivity index (χ0) is 20.1. The molecule has 1 saturated heterocycles. The first-order chi connectivity index (χ1) is 14.2. The summed E-state index contributed by atoms with van der Waals surface area (Å²) in [5.74, 6) is 5.95.